The predicted molar refractivity (Wildman–Crippen MR) is 75.8 cm³/mol. The van der Waals surface area contributed by atoms with Gasteiger partial charge < -0.3 is 15.4 Å². The minimum Gasteiger partial charge on any atom is -0.491 e. The lowest BCUT2D eigenvalue weighted by Crippen LogP contribution is -2.26. The second-order valence-corrected chi connectivity index (χ2v) is 5.16. The van der Waals surface area contributed by atoms with Gasteiger partial charge in [-0.1, -0.05) is 11.6 Å². The molecule has 5 heteroatoms. The minimum atomic E-state index is 0.654. The van der Waals surface area contributed by atoms with E-state index in [1.165, 1.54) is 0 Å². The molecule has 2 N–H and O–H groups in total. The molecular weight excluding hydrogens is 304 g/mol. The van der Waals surface area contributed by atoms with Crippen LogP contribution in [0.15, 0.2) is 22.7 Å². The molecule has 0 aliphatic heterocycles. The number of rotatable bonds is 7. The molecule has 1 aromatic carbocycles. The van der Waals surface area contributed by atoms with Gasteiger partial charge in [-0.3, -0.25) is 0 Å². The molecule has 0 amide bonds. The van der Waals surface area contributed by atoms with Gasteiger partial charge in [0.05, 0.1) is 4.47 Å². The molecule has 0 saturated carbocycles. The van der Waals surface area contributed by atoms with Crippen molar-refractivity contribution in [2.45, 2.75) is 6.42 Å². The van der Waals surface area contributed by atoms with E-state index in [1.807, 2.05) is 18.2 Å². The van der Waals surface area contributed by atoms with E-state index in [9.17, 15) is 0 Å². The Morgan fingerprint density at radius 2 is 2.18 bits per heavy atom. The Morgan fingerprint density at radius 1 is 1.41 bits per heavy atom. The molecule has 3 nitrogen and oxygen atoms in total. The first-order valence-corrected chi connectivity index (χ1v) is 6.77. The van der Waals surface area contributed by atoms with Crippen LogP contribution in [-0.2, 0) is 0 Å². The molecular formula is C12H18BrClN2O. The first kappa shape index (κ1) is 14.8. The maximum absolute atomic E-state index is 5.85. The van der Waals surface area contributed by atoms with Crippen LogP contribution in [0, 0.1) is 0 Å². The highest BCUT2D eigenvalue weighted by Crippen LogP contribution is 2.27. The summed E-state index contributed by atoms with van der Waals surface area (Å²) in [5.41, 5.74) is 5.45. The molecule has 0 unspecified atom stereocenters. The van der Waals surface area contributed by atoms with Crippen LogP contribution in [0.3, 0.4) is 0 Å². The number of likely N-dealkylation sites (N-methyl/N-ethyl adjacent to an activating group) is 1. The monoisotopic (exact) mass is 320 g/mol. The molecule has 17 heavy (non-hydrogen) atoms. The van der Waals surface area contributed by atoms with E-state index in [-0.39, 0.29) is 0 Å². The molecule has 0 aliphatic carbocycles. The van der Waals surface area contributed by atoms with E-state index in [0.29, 0.717) is 11.6 Å². The molecule has 0 fully saturated rings. The zero-order valence-corrected chi connectivity index (χ0v) is 12.3. The number of nitrogens with zero attached hydrogens (tertiary/aromatic N) is 1. The van der Waals surface area contributed by atoms with Crippen molar-refractivity contribution in [3.05, 3.63) is 27.7 Å². The molecule has 0 aromatic heterocycles. The highest BCUT2D eigenvalue weighted by molar-refractivity contribution is 9.10. The van der Waals surface area contributed by atoms with E-state index in [4.69, 9.17) is 22.1 Å². The van der Waals surface area contributed by atoms with E-state index in [1.54, 1.807) is 0 Å². The summed E-state index contributed by atoms with van der Waals surface area (Å²) in [7, 11) is 2.07. The summed E-state index contributed by atoms with van der Waals surface area (Å²) < 4.78 is 6.55. The zero-order valence-electron chi connectivity index (χ0n) is 9.96. The summed E-state index contributed by atoms with van der Waals surface area (Å²) in [5, 5.41) is 0.698. The first-order chi connectivity index (χ1) is 8.13. The standard InChI is InChI=1S/C12H18BrClN2O/c1-16(6-2-5-15)7-8-17-12-4-3-10(14)9-11(12)13/h3-4,9H,2,5-8,15H2,1H3. The molecule has 0 bridgehead atoms. The Hall–Kier alpha value is -0.290. The van der Waals surface area contributed by atoms with Gasteiger partial charge in [-0.2, -0.15) is 0 Å². The molecule has 96 valence electrons. The van der Waals surface area contributed by atoms with Crippen LogP contribution in [0.1, 0.15) is 6.42 Å². The van der Waals surface area contributed by atoms with E-state index in [0.717, 1.165) is 36.3 Å². The lowest BCUT2D eigenvalue weighted by atomic mass is 10.3. The quantitative estimate of drug-likeness (QED) is 0.839. The van der Waals surface area contributed by atoms with Crippen LogP contribution < -0.4 is 10.5 Å². The van der Waals surface area contributed by atoms with E-state index < -0.39 is 0 Å². The van der Waals surface area contributed by atoms with Crippen molar-refractivity contribution in [2.75, 3.05) is 33.3 Å². The molecule has 1 rings (SSSR count). The summed E-state index contributed by atoms with van der Waals surface area (Å²) >= 11 is 9.27. The predicted octanol–water partition coefficient (Wildman–Crippen LogP) is 2.76. The fourth-order valence-electron chi connectivity index (χ4n) is 1.38. The van der Waals surface area contributed by atoms with Gasteiger partial charge in [-0.05, 0) is 60.7 Å². The SMILES string of the molecule is CN(CCCN)CCOc1ccc(Cl)cc1Br. The smallest absolute Gasteiger partial charge is 0.133 e. The van der Waals surface area contributed by atoms with Crippen LogP contribution in [-0.4, -0.2) is 38.2 Å². The molecule has 0 atom stereocenters. The Morgan fingerprint density at radius 3 is 2.82 bits per heavy atom. The average Bonchev–Trinajstić information content (AvgIpc) is 2.29. The zero-order chi connectivity index (χ0) is 12.7. The van der Waals surface area contributed by atoms with Gasteiger partial charge in [0.1, 0.15) is 12.4 Å². The Balaban J connectivity index is 2.30. The second-order valence-electron chi connectivity index (χ2n) is 3.87. The summed E-state index contributed by atoms with van der Waals surface area (Å²) in [5.74, 6) is 0.821. The van der Waals surface area contributed by atoms with E-state index in [2.05, 4.69) is 27.9 Å². The number of nitrogens with two attached hydrogens (primary N) is 1. The lowest BCUT2D eigenvalue weighted by Gasteiger charge is -2.16. The summed E-state index contributed by atoms with van der Waals surface area (Å²) in [6, 6.07) is 5.51. The average molecular weight is 322 g/mol. The lowest BCUT2D eigenvalue weighted by molar-refractivity contribution is 0.236. The molecule has 0 spiro atoms. The van der Waals surface area contributed by atoms with Crippen LogP contribution in [0.5, 0.6) is 5.75 Å². The minimum absolute atomic E-state index is 0.654. The Labute approximate surface area is 116 Å². The molecule has 0 aliphatic rings. The van der Waals surface area contributed by atoms with Crippen LogP contribution in [0.25, 0.3) is 0 Å². The third-order valence-corrected chi connectivity index (χ3v) is 3.22. The highest BCUT2D eigenvalue weighted by Gasteiger charge is 2.03. The number of benzene rings is 1. The van der Waals surface area contributed by atoms with Crippen molar-refractivity contribution in [3.63, 3.8) is 0 Å². The summed E-state index contributed by atoms with van der Waals surface area (Å²) in [4.78, 5) is 2.21. The molecule has 1 aromatic rings. The van der Waals surface area contributed by atoms with Gasteiger partial charge in [-0.25, -0.2) is 0 Å². The van der Waals surface area contributed by atoms with Gasteiger partial charge in [0.2, 0.25) is 0 Å². The number of hydrogen-bond acceptors (Lipinski definition) is 3. The first-order valence-electron chi connectivity index (χ1n) is 5.60. The Bertz CT molecular complexity index is 349. The number of ether oxygens (including phenoxy) is 1. The fraction of sp³-hybridized carbons (Fsp3) is 0.500. The fourth-order valence-corrected chi connectivity index (χ4v) is 2.17. The normalized spacial score (nSPS) is 10.9. The Kier molecular flexibility index (Phi) is 6.89. The van der Waals surface area contributed by atoms with Crippen molar-refractivity contribution in [2.24, 2.45) is 5.73 Å². The van der Waals surface area contributed by atoms with Gasteiger partial charge in [0, 0.05) is 11.6 Å². The van der Waals surface area contributed by atoms with Gasteiger partial charge in [0.15, 0.2) is 0 Å². The van der Waals surface area contributed by atoms with Crippen molar-refractivity contribution < 1.29 is 4.74 Å². The molecule has 0 radical (unpaired) electrons. The number of hydrogen-bond donors (Lipinski definition) is 1. The second kappa shape index (κ2) is 7.93. The van der Waals surface area contributed by atoms with Crippen LogP contribution in [0.2, 0.25) is 5.02 Å². The third kappa shape index (κ3) is 5.73. The number of halogens is 2. The van der Waals surface area contributed by atoms with Crippen molar-refractivity contribution in [1.82, 2.24) is 4.90 Å². The summed E-state index contributed by atoms with van der Waals surface area (Å²) in [6.45, 7) is 3.27. The maximum Gasteiger partial charge on any atom is 0.133 e. The third-order valence-electron chi connectivity index (χ3n) is 2.37. The van der Waals surface area contributed by atoms with E-state index >= 15 is 0 Å². The topological polar surface area (TPSA) is 38.5 Å². The molecule has 0 saturated heterocycles. The van der Waals surface area contributed by atoms with Crippen molar-refractivity contribution in [3.8, 4) is 5.75 Å². The van der Waals surface area contributed by atoms with Crippen molar-refractivity contribution in [1.29, 1.82) is 0 Å². The van der Waals surface area contributed by atoms with Gasteiger partial charge in [-0.15, -0.1) is 0 Å². The van der Waals surface area contributed by atoms with Crippen LogP contribution >= 0.6 is 27.5 Å². The maximum atomic E-state index is 5.85. The largest absolute Gasteiger partial charge is 0.491 e. The van der Waals surface area contributed by atoms with Gasteiger partial charge >= 0.3 is 0 Å². The van der Waals surface area contributed by atoms with Crippen LogP contribution in [0.4, 0.5) is 0 Å². The van der Waals surface area contributed by atoms with Gasteiger partial charge in [0.25, 0.3) is 0 Å². The summed E-state index contributed by atoms with van der Waals surface area (Å²) in [6.07, 6.45) is 1.02. The van der Waals surface area contributed by atoms with Crippen molar-refractivity contribution >= 4 is 27.5 Å². The highest BCUT2D eigenvalue weighted by atomic mass is 79.9. The molecule has 0 heterocycles.